The van der Waals surface area contributed by atoms with Gasteiger partial charge in [0.1, 0.15) is 0 Å². The second-order valence-electron chi connectivity index (χ2n) is 0.940. The van der Waals surface area contributed by atoms with Crippen LogP contribution in [0, 0.1) is 5.53 Å². The van der Waals surface area contributed by atoms with Crippen LogP contribution in [0.1, 0.15) is 0 Å². The number of hydrogen-bond donors (Lipinski definition) is 2. The van der Waals surface area contributed by atoms with Gasteiger partial charge < -0.3 is 5.84 Å². The summed E-state index contributed by atoms with van der Waals surface area (Å²) >= 11 is 0. The maximum atomic E-state index is 5.61. The Labute approximate surface area is 51.6 Å². The highest BCUT2D eigenvalue weighted by atomic mass is 15.3. The monoisotopic (exact) mass is 126 g/mol. The number of nitrogens with two attached hydrogens (primary N) is 1. The molecular weight excluding hydrogens is 120 g/mol. The van der Waals surface area contributed by atoms with Gasteiger partial charge in [-0.1, -0.05) is 5.22 Å². The van der Waals surface area contributed by atoms with Gasteiger partial charge in [0.2, 0.25) is 0 Å². The van der Waals surface area contributed by atoms with Crippen LogP contribution in [0.5, 0.6) is 0 Å². The van der Waals surface area contributed by atoms with E-state index in [0.717, 1.165) is 0 Å². The fourth-order valence-electron chi connectivity index (χ4n) is 0.205. The van der Waals surface area contributed by atoms with Gasteiger partial charge in [0.15, 0.2) is 0 Å². The van der Waals surface area contributed by atoms with Gasteiger partial charge in [-0.05, 0) is 11.3 Å². The van der Waals surface area contributed by atoms with Crippen LogP contribution in [0.15, 0.2) is 23.7 Å². The first-order valence-corrected chi connectivity index (χ1v) is 2.06. The van der Waals surface area contributed by atoms with E-state index in [1.807, 2.05) is 0 Å². The zero-order chi connectivity index (χ0) is 6.95. The minimum absolute atomic E-state index is 1.58. The zero-order valence-corrected chi connectivity index (χ0v) is 4.60. The predicted molar refractivity (Wildman–Crippen MR) is 29.2 cm³/mol. The van der Waals surface area contributed by atoms with Gasteiger partial charge in [0.05, 0.1) is 12.4 Å². The first-order chi connectivity index (χ1) is 4.41. The molecule has 0 aliphatic carbocycles. The first kappa shape index (κ1) is 7.41. The summed E-state index contributed by atoms with van der Waals surface area (Å²) in [7, 11) is 0. The lowest BCUT2D eigenvalue weighted by atomic mass is 10.7. The molecule has 0 unspecified atom stereocenters. The third-order valence-electron chi connectivity index (χ3n) is 0.409. The number of nitrogens with one attached hydrogen (secondary N) is 1. The third kappa shape index (κ3) is 6.41. The molecule has 48 valence electrons. The molecule has 1 rings (SSSR count). The Hall–Kier alpha value is -1.59. The average Bonchev–Trinajstić information content (AvgIpc) is 1.93. The van der Waals surface area contributed by atoms with Crippen molar-refractivity contribution in [1.82, 2.24) is 15.4 Å². The summed E-state index contributed by atoms with van der Waals surface area (Å²) < 4.78 is 0. The standard InChI is InChI=1S/C3H3N3.H3N3/c1-2-4-6-5-3-1;1-3-2/h1-3H;(H3,1,2). The lowest BCUT2D eigenvalue weighted by Gasteiger charge is -1.68. The third-order valence-corrected chi connectivity index (χ3v) is 0.409. The van der Waals surface area contributed by atoms with Crippen LogP contribution in [0.3, 0.4) is 0 Å². The van der Waals surface area contributed by atoms with Crippen molar-refractivity contribution in [2.45, 2.75) is 0 Å². The Morgan fingerprint density at radius 3 is 1.89 bits per heavy atom. The molecule has 1 heterocycles. The number of rotatable bonds is 0. The van der Waals surface area contributed by atoms with Gasteiger partial charge in [-0.3, -0.25) is 0 Å². The summed E-state index contributed by atoms with van der Waals surface area (Å²) in [6.07, 6.45) is 3.15. The van der Waals surface area contributed by atoms with E-state index in [1.165, 1.54) is 0 Å². The van der Waals surface area contributed by atoms with Gasteiger partial charge in [-0.2, -0.15) is 5.53 Å². The Bertz CT molecular complexity index is 112. The van der Waals surface area contributed by atoms with Crippen LogP contribution in [-0.4, -0.2) is 15.4 Å². The van der Waals surface area contributed by atoms with Gasteiger partial charge >= 0.3 is 0 Å². The first-order valence-electron chi connectivity index (χ1n) is 2.06. The van der Waals surface area contributed by atoms with Crippen molar-refractivity contribution in [3.05, 3.63) is 18.5 Å². The van der Waals surface area contributed by atoms with Crippen LogP contribution in [-0.2, 0) is 0 Å². The number of nitrogens with zero attached hydrogens (tertiary/aromatic N) is 4. The highest BCUT2D eigenvalue weighted by molar-refractivity contribution is 4.69. The van der Waals surface area contributed by atoms with E-state index < -0.39 is 0 Å². The maximum Gasteiger partial charge on any atom is 0.0529 e. The lowest BCUT2D eigenvalue weighted by molar-refractivity contribution is 0.865. The smallest absolute Gasteiger partial charge is 0.0529 e. The molecule has 9 heavy (non-hydrogen) atoms. The summed E-state index contributed by atoms with van der Waals surface area (Å²) in [5.41, 5.74) is 5.61. The van der Waals surface area contributed by atoms with Crippen LogP contribution < -0.4 is 5.84 Å². The molecule has 1 aromatic heterocycles. The summed E-state index contributed by atoms with van der Waals surface area (Å²) in [5.74, 6) is 4.14. The van der Waals surface area contributed by atoms with Crippen molar-refractivity contribution in [1.29, 1.82) is 5.53 Å². The molecule has 0 saturated carbocycles. The van der Waals surface area contributed by atoms with Gasteiger partial charge in [0, 0.05) is 0 Å². The fourth-order valence-corrected chi connectivity index (χ4v) is 0.205. The molecule has 0 fully saturated rings. The number of hydrogen-bond acceptors (Lipinski definition) is 5. The van der Waals surface area contributed by atoms with E-state index in [4.69, 9.17) is 5.53 Å². The van der Waals surface area contributed by atoms with Gasteiger partial charge in [-0.15, -0.1) is 10.2 Å². The molecule has 0 aromatic carbocycles. The molecule has 0 amide bonds. The minimum atomic E-state index is 1.58. The Morgan fingerprint density at radius 1 is 1.33 bits per heavy atom. The van der Waals surface area contributed by atoms with E-state index in [9.17, 15) is 0 Å². The Morgan fingerprint density at radius 2 is 1.78 bits per heavy atom. The highest BCUT2D eigenvalue weighted by Gasteiger charge is 1.60. The molecular formula is C3H6N6. The summed E-state index contributed by atoms with van der Waals surface area (Å²) in [4.78, 5) is 0. The molecule has 0 spiro atoms. The van der Waals surface area contributed by atoms with E-state index in [0.29, 0.717) is 0 Å². The molecule has 1 aromatic rings. The van der Waals surface area contributed by atoms with Crippen molar-refractivity contribution in [2.24, 2.45) is 11.1 Å². The molecule has 0 saturated heterocycles. The predicted octanol–water partition coefficient (Wildman–Crippen LogP) is -0.237. The fraction of sp³-hybridized carbons (Fsp3) is 0. The molecule has 3 N–H and O–H groups in total. The van der Waals surface area contributed by atoms with Crippen molar-refractivity contribution < 1.29 is 0 Å². The topological polar surface area (TPSA) is 101 Å². The van der Waals surface area contributed by atoms with Crippen LogP contribution >= 0.6 is 0 Å². The second-order valence-corrected chi connectivity index (χ2v) is 0.940. The Balaban J connectivity index is 0.000000187. The summed E-state index contributed by atoms with van der Waals surface area (Å²) in [5, 5.41) is 12.4. The van der Waals surface area contributed by atoms with Gasteiger partial charge in [0.25, 0.3) is 0 Å². The second kappa shape index (κ2) is 6.41. The number of aromatic nitrogens is 3. The molecule has 0 radical (unpaired) electrons. The van der Waals surface area contributed by atoms with E-state index in [1.54, 1.807) is 18.5 Å². The van der Waals surface area contributed by atoms with Crippen molar-refractivity contribution >= 4 is 0 Å². The van der Waals surface area contributed by atoms with Crippen LogP contribution in [0.2, 0.25) is 0 Å². The zero-order valence-electron chi connectivity index (χ0n) is 4.60. The Kier molecular flexibility index (Phi) is 5.28. The SMILES string of the molecule is N=NN.c1cnnnc1. The summed E-state index contributed by atoms with van der Waals surface area (Å²) in [6.45, 7) is 0. The molecule has 6 heteroatoms. The quantitative estimate of drug-likeness (QED) is 0.284. The maximum absolute atomic E-state index is 5.61. The van der Waals surface area contributed by atoms with Crippen LogP contribution in [0.4, 0.5) is 0 Å². The molecule has 0 bridgehead atoms. The van der Waals surface area contributed by atoms with Crippen molar-refractivity contribution in [3.63, 3.8) is 0 Å². The molecule has 6 nitrogen and oxygen atoms in total. The largest absolute Gasteiger partial charge is 0.305 e. The van der Waals surface area contributed by atoms with Crippen molar-refractivity contribution in [3.8, 4) is 0 Å². The normalized spacial score (nSPS) is 6.67. The molecule has 0 atom stereocenters. The molecule has 0 aliphatic heterocycles. The highest BCUT2D eigenvalue weighted by Crippen LogP contribution is 1.61. The lowest BCUT2D eigenvalue weighted by Crippen LogP contribution is -1.78. The van der Waals surface area contributed by atoms with E-state index in [-0.39, 0.29) is 0 Å². The van der Waals surface area contributed by atoms with Gasteiger partial charge in [-0.25, -0.2) is 0 Å². The van der Waals surface area contributed by atoms with Crippen molar-refractivity contribution in [2.75, 3.05) is 0 Å². The summed E-state index contributed by atoms with van der Waals surface area (Å²) in [6, 6.07) is 1.72. The average molecular weight is 126 g/mol. The van der Waals surface area contributed by atoms with E-state index >= 15 is 0 Å². The van der Waals surface area contributed by atoms with E-state index in [2.05, 4.69) is 26.5 Å². The minimum Gasteiger partial charge on any atom is -0.305 e. The molecule has 0 aliphatic rings. The van der Waals surface area contributed by atoms with Crippen LogP contribution in [0.25, 0.3) is 0 Å².